The number of rotatable bonds is 3. The molecule has 0 radical (unpaired) electrons. The molecule has 2 heterocycles. The Bertz CT molecular complexity index is 533. The summed E-state index contributed by atoms with van der Waals surface area (Å²) in [7, 11) is 0.233. The molecule has 0 aliphatic carbocycles. The summed E-state index contributed by atoms with van der Waals surface area (Å²) < 4.78 is 26.9. The van der Waals surface area contributed by atoms with Gasteiger partial charge in [0, 0.05) is 19.6 Å². The van der Waals surface area contributed by atoms with Crippen LogP contribution in [0.4, 0.5) is 0 Å². The maximum Gasteiger partial charge on any atom is 0.246 e. The number of piperidine rings is 1. The van der Waals surface area contributed by atoms with Crippen LogP contribution in [0.25, 0.3) is 0 Å². The molecule has 0 spiro atoms. The maximum atomic E-state index is 12.7. The van der Waals surface area contributed by atoms with Crippen LogP contribution in [0.2, 0.25) is 0 Å². The number of likely N-dealkylation sites (N-methyl/N-ethyl adjacent to an activating group) is 2. The van der Waals surface area contributed by atoms with E-state index in [1.54, 1.807) is 20.9 Å². The first-order valence-corrected chi connectivity index (χ1v) is 7.96. The number of hydrogen-bond acceptors (Lipinski definition) is 4. The van der Waals surface area contributed by atoms with E-state index in [-0.39, 0.29) is 6.04 Å². The van der Waals surface area contributed by atoms with E-state index in [1.165, 1.54) is 4.31 Å². The third-order valence-electron chi connectivity index (χ3n) is 3.81. The van der Waals surface area contributed by atoms with E-state index in [4.69, 9.17) is 0 Å². The molecule has 1 N–H and O–H groups in total. The van der Waals surface area contributed by atoms with Gasteiger partial charge in [-0.15, -0.1) is 0 Å². The average molecular weight is 286 g/mol. The van der Waals surface area contributed by atoms with Crippen molar-refractivity contribution in [3.05, 3.63) is 11.4 Å². The number of aryl methyl sites for hydroxylation is 2. The largest absolute Gasteiger partial charge is 0.305 e. The fourth-order valence-electron chi connectivity index (χ4n) is 2.70. The lowest BCUT2D eigenvalue weighted by Crippen LogP contribution is -2.47. The van der Waals surface area contributed by atoms with Crippen molar-refractivity contribution in [1.82, 2.24) is 19.4 Å². The summed E-state index contributed by atoms with van der Waals surface area (Å²) in [6.07, 6.45) is 1.94. The van der Waals surface area contributed by atoms with E-state index in [2.05, 4.69) is 15.1 Å². The molecule has 1 unspecified atom stereocenters. The average Bonchev–Trinajstić information content (AvgIpc) is 2.68. The minimum Gasteiger partial charge on any atom is -0.305 e. The van der Waals surface area contributed by atoms with Gasteiger partial charge in [0.2, 0.25) is 10.0 Å². The number of likely N-dealkylation sites (tertiary alicyclic amines) is 1. The molecule has 0 saturated carbocycles. The Balaban J connectivity index is 2.29. The topological polar surface area (TPSA) is 69.3 Å². The Hall–Kier alpha value is -0.920. The Morgan fingerprint density at radius 1 is 1.42 bits per heavy atom. The molecule has 1 aliphatic heterocycles. The SMILES string of the molecule is Cc1n[nH]c(C)c1S(=O)(=O)N(C)C1CCCN(C)C1. The highest BCUT2D eigenvalue weighted by Crippen LogP contribution is 2.25. The van der Waals surface area contributed by atoms with Crippen LogP contribution in [0, 0.1) is 13.8 Å². The highest BCUT2D eigenvalue weighted by molar-refractivity contribution is 7.89. The van der Waals surface area contributed by atoms with Crippen LogP contribution in [0.1, 0.15) is 24.2 Å². The number of nitrogens with one attached hydrogen (secondary N) is 1. The first kappa shape index (κ1) is 14.5. The van der Waals surface area contributed by atoms with Crippen LogP contribution >= 0.6 is 0 Å². The summed E-state index contributed by atoms with van der Waals surface area (Å²) in [5.41, 5.74) is 1.14. The van der Waals surface area contributed by atoms with Crippen LogP contribution in [0.5, 0.6) is 0 Å². The zero-order valence-corrected chi connectivity index (χ0v) is 12.8. The molecule has 1 fully saturated rings. The molecule has 1 aromatic rings. The van der Waals surface area contributed by atoms with Crippen LogP contribution in [-0.4, -0.2) is 61.0 Å². The second-order valence-corrected chi connectivity index (χ2v) is 7.28. The molecule has 1 aromatic heterocycles. The highest BCUT2D eigenvalue weighted by Gasteiger charge is 2.33. The van der Waals surface area contributed by atoms with E-state index in [0.717, 1.165) is 25.9 Å². The molecule has 7 heteroatoms. The maximum absolute atomic E-state index is 12.7. The molecule has 1 saturated heterocycles. The fourth-order valence-corrected chi connectivity index (χ4v) is 4.40. The minimum absolute atomic E-state index is 0.0393. The first-order valence-electron chi connectivity index (χ1n) is 6.52. The molecule has 0 aromatic carbocycles. The second-order valence-electron chi connectivity index (χ2n) is 5.34. The molecule has 1 aliphatic rings. The summed E-state index contributed by atoms with van der Waals surface area (Å²) in [4.78, 5) is 2.50. The fraction of sp³-hybridized carbons (Fsp3) is 0.750. The van der Waals surface area contributed by atoms with Crippen molar-refractivity contribution in [1.29, 1.82) is 0 Å². The van der Waals surface area contributed by atoms with Gasteiger partial charge in [-0.25, -0.2) is 8.42 Å². The summed E-state index contributed by atoms with van der Waals surface area (Å²) >= 11 is 0. The third kappa shape index (κ3) is 2.68. The van der Waals surface area contributed by atoms with Gasteiger partial charge in [0.15, 0.2) is 0 Å². The summed E-state index contributed by atoms with van der Waals surface area (Å²) in [6, 6.07) is 0.0393. The van der Waals surface area contributed by atoms with Gasteiger partial charge < -0.3 is 4.90 Å². The predicted molar refractivity (Wildman–Crippen MR) is 73.5 cm³/mol. The Labute approximate surface area is 114 Å². The van der Waals surface area contributed by atoms with Crippen molar-refractivity contribution >= 4 is 10.0 Å². The summed E-state index contributed by atoms with van der Waals surface area (Å²) in [5.74, 6) is 0. The Morgan fingerprint density at radius 2 is 2.11 bits per heavy atom. The number of aromatic nitrogens is 2. The van der Waals surface area contributed by atoms with E-state index in [0.29, 0.717) is 16.3 Å². The van der Waals surface area contributed by atoms with Crippen LogP contribution in [-0.2, 0) is 10.0 Å². The third-order valence-corrected chi connectivity index (χ3v) is 5.99. The van der Waals surface area contributed by atoms with Crippen LogP contribution in [0.3, 0.4) is 0 Å². The normalized spacial score (nSPS) is 22.1. The van der Waals surface area contributed by atoms with E-state index >= 15 is 0 Å². The van der Waals surface area contributed by atoms with Crippen molar-refractivity contribution in [3.8, 4) is 0 Å². The predicted octanol–water partition coefficient (Wildman–Crippen LogP) is 0.741. The molecular weight excluding hydrogens is 264 g/mol. The highest BCUT2D eigenvalue weighted by atomic mass is 32.2. The monoisotopic (exact) mass is 286 g/mol. The van der Waals surface area contributed by atoms with Gasteiger partial charge in [-0.1, -0.05) is 0 Å². The zero-order valence-electron chi connectivity index (χ0n) is 12.0. The lowest BCUT2D eigenvalue weighted by Gasteiger charge is -2.35. The van der Waals surface area contributed by atoms with Crippen molar-refractivity contribution in [2.45, 2.75) is 37.6 Å². The molecule has 0 bridgehead atoms. The second kappa shape index (κ2) is 5.22. The number of hydrogen-bond donors (Lipinski definition) is 1. The smallest absolute Gasteiger partial charge is 0.246 e. The van der Waals surface area contributed by atoms with Crippen LogP contribution in [0.15, 0.2) is 4.90 Å². The van der Waals surface area contributed by atoms with Gasteiger partial charge in [0.25, 0.3) is 0 Å². The van der Waals surface area contributed by atoms with Gasteiger partial charge in [0.1, 0.15) is 4.90 Å². The minimum atomic E-state index is -3.47. The van der Waals surface area contributed by atoms with E-state index in [1.807, 2.05) is 7.05 Å². The molecule has 0 amide bonds. The van der Waals surface area contributed by atoms with Crippen molar-refractivity contribution in [2.24, 2.45) is 0 Å². The Morgan fingerprint density at radius 3 is 2.63 bits per heavy atom. The van der Waals surface area contributed by atoms with Gasteiger partial charge in [-0.2, -0.15) is 9.40 Å². The molecule has 1 atom stereocenters. The van der Waals surface area contributed by atoms with E-state index in [9.17, 15) is 8.42 Å². The quantitative estimate of drug-likeness (QED) is 0.890. The lowest BCUT2D eigenvalue weighted by atomic mass is 10.1. The van der Waals surface area contributed by atoms with E-state index < -0.39 is 10.0 Å². The molecule has 19 heavy (non-hydrogen) atoms. The lowest BCUT2D eigenvalue weighted by molar-refractivity contribution is 0.187. The molecular formula is C12H22N4O2S. The zero-order chi connectivity index (χ0) is 14.2. The summed E-state index contributed by atoms with van der Waals surface area (Å²) in [6.45, 7) is 5.28. The number of nitrogens with zero attached hydrogens (tertiary/aromatic N) is 3. The van der Waals surface area contributed by atoms with Gasteiger partial charge in [-0.05, 0) is 40.3 Å². The standard InChI is InChI=1S/C12H22N4O2S/c1-9-12(10(2)14-13-9)19(17,18)16(4)11-6-5-7-15(3)8-11/h11H,5-8H2,1-4H3,(H,13,14). The van der Waals surface area contributed by atoms with Crippen molar-refractivity contribution in [3.63, 3.8) is 0 Å². The van der Waals surface area contributed by atoms with Crippen LogP contribution < -0.4 is 0 Å². The first-order chi connectivity index (χ1) is 8.84. The number of aromatic amines is 1. The van der Waals surface area contributed by atoms with Gasteiger partial charge in [0.05, 0.1) is 11.4 Å². The molecule has 108 valence electrons. The van der Waals surface area contributed by atoms with Crippen molar-refractivity contribution in [2.75, 3.05) is 27.2 Å². The van der Waals surface area contributed by atoms with Crippen molar-refractivity contribution < 1.29 is 8.42 Å². The number of H-pyrrole nitrogens is 1. The molecule has 2 rings (SSSR count). The van der Waals surface area contributed by atoms with Gasteiger partial charge in [-0.3, -0.25) is 5.10 Å². The molecule has 6 nitrogen and oxygen atoms in total. The summed E-state index contributed by atoms with van der Waals surface area (Å²) in [5, 5.41) is 6.73. The Kier molecular flexibility index (Phi) is 3.98. The number of sulfonamides is 1. The van der Waals surface area contributed by atoms with Gasteiger partial charge >= 0.3 is 0 Å².